The Morgan fingerprint density at radius 2 is 1.90 bits per heavy atom. The van der Waals surface area contributed by atoms with Crippen molar-refractivity contribution in [3.05, 3.63) is 0 Å². The fraction of sp³-hybridized carbons (Fsp3) is 0.846. The maximum absolute atomic E-state index is 12.2. The summed E-state index contributed by atoms with van der Waals surface area (Å²) < 4.78 is 35.3. The number of rotatable bonds is 5. The Morgan fingerprint density at radius 3 is 2.43 bits per heavy atom. The number of hydrogen-bond donors (Lipinski definition) is 0. The molecule has 0 aromatic carbocycles. The molecule has 1 heterocycles. The highest BCUT2D eigenvalue weighted by atomic mass is 32.2. The van der Waals surface area contributed by atoms with E-state index in [1.807, 2.05) is 0 Å². The first-order chi connectivity index (χ1) is 9.57. The number of sulfonamides is 1. The molecule has 0 unspecified atom stereocenters. The fourth-order valence-corrected chi connectivity index (χ4v) is 3.76. The second-order valence-electron chi connectivity index (χ2n) is 5.94. The van der Waals surface area contributed by atoms with Crippen LogP contribution < -0.4 is 0 Å². The summed E-state index contributed by atoms with van der Waals surface area (Å²) in [5.74, 6) is -1.49. The molecule has 0 radical (unpaired) electrons. The molecule has 1 rings (SSSR count). The first kappa shape index (κ1) is 17.9. The van der Waals surface area contributed by atoms with Crippen molar-refractivity contribution < 1.29 is 27.5 Å². The number of methoxy groups -OCH3 is 1. The van der Waals surface area contributed by atoms with Gasteiger partial charge in [0.25, 0.3) is 0 Å². The molecule has 7 nitrogen and oxygen atoms in total. The lowest BCUT2D eigenvalue weighted by molar-refractivity contribution is -0.158. The van der Waals surface area contributed by atoms with E-state index in [0.717, 1.165) is 4.31 Å². The van der Waals surface area contributed by atoms with Gasteiger partial charge in [0.2, 0.25) is 10.0 Å². The van der Waals surface area contributed by atoms with Gasteiger partial charge in [-0.2, -0.15) is 4.31 Å². The van der Waals surface area contributed by atoms with Crippen molar-refractivity contribution in [3.8, 4) is 0 Å². The zero-order chi connectivity index (χ0) is 16.3. The Morgan fingerprint density at radius 1 is 1.29 bits per heavy atom. The average Bonchev–Trinajstić information content (AvgIpc) is 2.84. The van der Waals surface area contributed by atoms with E-state index < -0.39 is 33.6 Å². The highest BCUT2D eigenvalue weighted by molar-refractivity contribution is 7.89. The van der Waals surface area contributed by atoms with Crippen LogP contribution >= 0.6 is 0 Å². The van der Waals surface area contributed by atoms with Crippen molar-refractivity contribution in [2.75, 3.05) is 19.4 Å². The number of ether oxygens (including phenoxy) is 2. The van der Waals surface area contributed by atoms with E-state index in [2.05, 4.69) is 4.74 Å². The Bertz CT molecular complexity index is 493. The van der Waals surface area contributed by atoms with Crippen LogP contribution in [0.1, 0.15) is 40.0 Å². The van der Waals surface area contributed by atoms with Crippen LogP contribution in [0.15, 0.2) is 0 Å². The van der Waals surface area contributed by atoms with Gasteiger partial charge in [-0.15, -0.1) is 0 Å². The third kappa shape index (κ3) is 5.28. The lowest BCUT2D eigenvalue weighted by Gasteiger charge is -2.26. The quantitative estimate of drug-likeness (QED) is 0.692. The van der Waals surface area contributed by atoms with Crippen molar-refractivity contribution in [1.82, 2.24) is 4.31 Å². The molecule has 0 amide bonds. The van der Waals surface area contributed by atoms with E-state index >= 15 is 0 Å². The smallest absolute Gasteiger partial charge is 0.324 e. The number of carbonyl (C=O) groups is 2. The number of esters is 2. The summed E-state index contributed by atoms with van der Waals surface area (Å²) in [6, 6.07) is -0.799. The molecule has 1 saturated heterocycles. The predicted molar refractivity (Wildman–Crippen MR) is 76.0 cm³/mol. The molecule has 0 aromatic heterocycles. The molecule has 0 aromatic rings. The Balaban J connectivity index is 2.76. The van der Waals surface area contributed by atoms with Gasteiger partial charge in [0, 0.05) is 6.54 Å². The lowest BCUT2D eigenvalue weighted by Crippen LogP contribution is -2.44. The highest BCUT2D eigenvalue weighted by Crippen LogP contribution is 2.24. The molecule has 0 spiro atoms. The van der Waals surface area contributed by atoms with Crippen LogP contribution in [-0.2, 0) is 29.1 Å². The van der Waals surface area contributed by atoms with Crippen LogP contribution in [-0.4, -0.2) is 55.7 Å². The third-order valence-electron chi connectivity index (χ3n) is 3.03. The molecule has 0 N–H and O–H groups in total. The van der Waals surface area contributed by atoms with Crippen LogP contribution in [0, 0.1) is 0 Å². The molecule has 1 atom stereocenters. The largest absolute Gasteiger partial charge is 0.469 e. The SMILES string of the molecule is COC(=O)CCS(=O)(=O)N1CCC[C@H]1C(=O)OC(C)(C)C. The number of nitrogens with zero attached hydrogens (tertiary/aromatic N) is 1. The minimum absolute atomic E-state index is 0.226. The van der Waals surface area contributed by atoms with Gasteiger partial charge in [-0.1, -0.05) is 0 Å². The number of carbonyl (C=O) groups excluding carboxylic acids is 2. The Hall–Kier alpha value is -1.15. The first-order valence-electron chi connectivity index (χ1n) is 6.86. The maximum atomic E-state index is 12.2. The summed E-state index contributed by atoms with van der Waals surface area (Å²) in [7, 11) is -2.48. The summed E-state index contributed by atoms with van der Waals surface area (Å²) in [5, 5.41) is 0. The van der Waals surface area contributed by atoms with E-state index in [9.17, 15) is 18.0 Å². The van der Waals surface area contributed by atoms with E-state index in [1.54, 1.807) is 20.8 Å². The van der Waals surface area contributed by atoms with Crippen molar-refractivity contribution in [2.24, 2.45) is 0 Å². The molecular weight excluding hydrogens is 298 g/mol. The van der Waals surface area contributed by atoms with Gasteiger partial charge in [0.05, 0.1) is 19.3 Å². The van der Waals surface area contributed by atoms with E-state index in [0.29, 0.717) is 12.8 Å². The highest BCUT2D eigenvalue weighted by Gasteiger charge is 2.40. The van der Waals surface area contributed by atoms with Gasteiger partial charge < -0.3 is 9.47 Å². The summed E-state index contributed by atoms with van der Waals surface area (Å²) >= 11 is 0. The van der Waals surface area contributed by atoms with Gasteiger partial charge in [-0.25, -0.2) is 8.42 Å². The normalized spacial score (nSPS) is 20.3. The molecule has 0 saturated carbocycles. The van der Waals surface area contributed by atoms with Gasteiger partial charge in [0.1, 0.15) is 11.6 Å². The third-order valence-corrected chi connectivity index (χ3v) is 4.90. The first-order valence-corrected chi connectivity index (χ1v) is 8.47. The average molecular weight is 321 g/mol. The second-order valence-corrected chi connectivity index (χ2v) is 7.99. The summed E-state index contributed by atoms with van der Waals surface area (Å²) in [6.07, 6.45) is 0.810. The molecule has 1 aliphatic rings. The zero-order valence-electron chi connectivity index (χ0n) is 12.9. The van der Waals surface area contributed by atoms with Crippen molar-refractivity contribution >= 4 is 22.0 Å². The monoisotopic (exact) mass is 321 g/mol. The molecular formula is C13H23NO6S. The predicted octanol–water partition coefficient (Wildman–Crippen LogP) is 0.685. The summed E-state index contributed by atoms with van der Waals surface area (Å²) in [4.78, 5) is 23.2. The summed E-state index contributed by atoms with van der Waals surface area (Å²) in [6.45, 7) is 5.47. The maximum Gasteiger partial charge on any atom is 0.324 e. The Kier molecular flexibility index (Phi) is 5.75. The molecule has 1 aliphatic heterocycles. The van der Waals surface area contributed by atoms with Gasteiger partial charge in [-0.05, 0) is 33.6 Å². The van der Waals surface area contributed by atoms with Crippen LogP contribution in [0.4, 0.5) is 0 Å². The molecule has 21 heavy (non-hydrogen) atoms. The minimum Gasteiger partial charge on any atom is -0.469 e. The fourth-order valence-electron chi connectivity index (χ4n) is 2.11. The molecule has 1 fully saturated rings. The molecule has 0 aliphatic carbocycles. The van der Waals surface area contributed by atoms with E-state index in [-0.39, 0.29) is 18.7 Å². The van der Waals surface area contributed by atoms with E-state index in [4.69, 9.17) is 4.74 Å². The van der Waals surface area contributed by atoms with Crippen LogP contribution in [0.25, 0.3) is 0 Å². The van der Waals surface area contributed by atoms with Gasteiger partial charge in [-0.3, -0.25) is 9.59 Å². The molecule has 8 heteroatoms. The van der Waals surface area contributed by atoms with Gasteiger partial charge in [0.15, 0.2) is 0 Å². The van der Waals surface area contributed by atoms with Crippen LogP contribution in [0.2, 0.25) is 0 Å². The topological polar surface area (TPSA) is 90.0 Å². The van der Waals surface area contributed by atoms with Gasteiger partial charge >= 0.3 is 11.9 Å². The van der Waals surface area contributed by atoms with Crippen molar-refractivity contribution in [1.29, 1.82) is 0 Å². The Labute approximate surface area is 125 Å². The van der Waals surface area contributed by atoms with Crippen molar-refractivity contribution in [3.63, 3.8) is 0 Å². The standard InChI is InChI=1S/C13H23NO6S/c1-13(2,3)20-12(16)10-6-5-8-14(10)21(17,18)9-7-11(15)19-4/h10H,5-9H2,1-4H3/t10-/m0/s1. The lowest BCUT2D eigenvalue weighted by atomic mass is 10.2. The zero-order valence-corrected chi connectivity index (χ0v) is 13.7. The molecule has 122 valence electrons. The number of hydrogen-bond acceptors (Lipinski definition) is 6. The minimum atomic E-state index is -3.68. The van der Waals surface area contributed by atoms with Crippen LogP contribution in [0.3, 0.4) is 0 Å². The van der Waals surface area contributed by atoms with Crippen molar-refractivity contribution in [2.45, 2.75) is 51.7 Å². The molecule has 0 bridgehead atoms. The van der Waals surface area contributed by atoms with E-state index in [1.165, 1.54) is 7.11 Å². The second kappa shape index (κ2) is 6.74. The van der Waals surface area contributed by atoms with Crippen LogP contribution in [0.5, 0.6) is 0 Å². The summed E-state index contributed by atoms with van der Waals surface area (Å²) in [5.41, 5.74) is -0.666.